The lowest BCUT2D eigenvalue weighted by atomic mass is 9.94. The van der Waals surface area contributed by atoms with E-state index in [0.717, 1.165) is 55.6 Å². The van der Waals surface area contributed by atoms with Gasteiger partial charge in [0.1, 0.15) is 32.9 Å². The zero-order chi connectivity index (χ0) is 46.4. The maximum Gasteiger partial charge on any atom is 0.160 e. The number of rotatable bonds is 6. The van der Waals surface area contributed by atoms with Crippen molar-refractivity contribution in [1.29, 1.82) is 0 Å². The minimum Gasteiger partial charge on any atom is -0.455 e. The number of nitrogens with zero attached hydrogens (tertiary/aromatic N) is 2. The molecule has 11 aromatic rings. The molecule has 4 heterocycles. The van der Waals surface area contributed by atoms with Gasteiger partial charge in [-0.15, -0.1) is 0 Å². The van der Waals surface area contributed by atoms with Crippen LogP contribution >= 0.6 is 0 Å². The molecular weight excluding hydrogens is 861 g/mol. The summed E-state index contributed by atoms with van der Waals surface area (Å²) in [7, 11) is -4.80. The number of aryl methyl sites for hydroxylation is 4. The second-order valence-electron chi connectivity index (χ2n) is 20.3. The molecule has 2 aliphatic heterocycles. The molecule has 13 rings (SSSR count). The summed E-state index contributed by atoms with van der Waals surface area (Å²) in [6, 6.07) is 62.7. The minimum absolute atomic E-state index is 0.912. The van der Waals surface area contributed by atoms with Crippen LogP contribution in [0.3, 0.4) is 0 Å². The molecule has 0 fully saturated rings. The van der Waals surface area contributed by atoms with E-state index in [1.165, 1.54) is 87.7 Å². The molecule has 0 saturated heterocycles. The maximum atomic E-state index is 7.23. The zero-order valence-corrected chi connectivity index (χ0v) is 41.9. The summed E-state index contributed by atoms with van der Waals surface area (Å²) < 4.78 is 14.4. The Hall–Kier alpha value is -7.39. The fourth-order valence-corrected chi connectivity index (χ4v) is 18.1. The van der Waals surface area contributed by atoms with Crippen LogP contribution in [-0.2, 0) is 0 Å². The van der Waals surface area contributed by atoms with Crippen molar-refractivity contribution in [3.63, 3.8) is 0 Å². The number of fused-ring (bicyclic) bond motifs is 14. The Morgan fingerprint density at radius 2 is 0.706 bits per heavy atom. The molecule has 2 aromatic heterocycles. The summed E-state index contributed by atoms with van der Waals surface area (Å²) in [4.78, 5) is 4.97. The van der Waals surface area contributed by atoms with Crippen LogP contribution in [0.25, 0.3) is 66.1 Å². The van der Waals surface area contributed by atoms with E-state index in [0.29, 0.717) is 0 Å². The van der Waals surface area contributed by atoms with E-state index in [1.807, 2.05) is 0 Å². The molecule has 0 saturated carbocycles. The number of hydrogen-bond acceptors (Lipinski definition) is 4. The molecule has 4 nitrogen and oxygen atoms in total. The monoisotopic (exact) mass is 912 g/mol. The Bertz CT molecular complexity index is 3860. The average Bonchev–Trinajstić information content (AvgIpc) is 4.04. The average molecular weight is 913 g/mol. The lowest BCUT2D eigenvalue weighted by Crippen LogP contribution is -2.51. The van der Waals surface area contributed by atoms with Crippen LogP contribution in [0.15, 0.2) is 179 Å². The summed E-state index contributed by atoms with van der Waals surface area (Å²) in [5.41, 5.74) is 20.8. The first-order valence-electron chi connectivity index (χ1n) is 23.9. The van der Waals surface area contributed by atoms with E-state index in [2.05, 4.69) is 234 Å². The van der Waals surface area contributed by atoms with Crippen molar-refractivity contribution in [2.75, 3.05) is 9.80 Å². The van der Waals surface area contributed by atoms with Crippen LogP contribution < -0.4 is 30.5 Å². The van der Waals surface area contributed by atoms with Crippen LogP contribution in [0.4, 0.5) is 34.1 Å². The fourth-order valence-electron chi connectivity index (χ4n) is 12.0. The minimum atomic E-state index is -2.40. The summed E-state index contributed by atoms with van der Waals surface area (Å²) in [5.74, 6) is 0. The molecular formula is C62H52N2O2Si2. The maximum absolute atomic E-state index is 7.23. The van der Waals surface area contributed by atoms with Crippen molar-refractivity contribution in [3.8, 4) is 22.3 Å². The Morgan fingerprint density at radius 1 is 0.338 bits per heavy atom. The highest BCUT2D eigenvalue weighted by Crippen LogP contribution is 2.51. The number of furan rings is 2. The quantitative estimate of drug-likeness (QED) is 0.156. The summed E-state index contributed by atoms with van der Waals surface area (Å²) in [6.45, 7) is 19.1. The Balaban J connectivity index is 1.10. The summed E-state index contributed by atoms with van der Waals surface area (Å²) in [6.07, 6.45) is 0. The van der Waals surface area contributed by atoms with Gasteiger partial charge in [-0.25, -0.2) is 0 Å². The highest BCUT2D eigenvalue weighted by Gasteiger charge is 2.47. The second-order valence-corrected chi connectivity index (χ2v) is 28.9. The summed E-state index contributed by atoms with van der Waals surface area (Å²) >= 11 is 0. The van der Waals surface area contributed by atoms with Gasteiger partial charge in [0, 0.05) is 44.5 Å². The van der Waals surface area contributed by atoms with Gasteiger partial charge in [-0.1, -0.05) is 148 Å². The molecule has 2 aliphatic rings. The van der Waals surface area contributed by atoms with Crippen molar-refractivity contribution in [1.82, 2.24) is 0 Å². The van der Waals surface area contributed by atoms with Crippen molar-refractivity contribution < 1.29 is 8.83 Å². The van der Waals surface area contributed by atoms with Gasteiger partial charge in [0.25, 0.3) is 0 Å². The molecule has 68 heavy (non-hydrogen) atoms. The first-order chi connectivity index (χ1) is 32.9. The van der Waals surface area contributed by atoms with Crippen LogP contribution in [0, 0.1) is 27.7 Å². The fraction of sp³-hybridized carbons (Fsp3) is 0.129. The standard InChI is InChI=1S/C62H52N2O2Si2/c1-37-21-9-15-27-45(37)63(46-28-16-10-22-38(46)2)49-35-56-59(62-57(49)41-25-13-19-31-51(41)66-62)44-34-53-43(33-54(44)68(56,7)8)58-55(67(53,5)6)36-50(61-60(58)42-26-14-20-32-52(42)65-61)64(47-29-17-11-23-39(47)3)48-30-18-12-24-40(48)4/h9-36H,1-8H3. The molecule has 0 radical (unpaired) electrons. The zero-order valence-electron chi connectivity index (χ0n) is 39.9. The van der Waals surface area contributed by atoms with Crippen LogP contribution in [-0.4, -0.2) is 16.1 Å². The highest BCUT2D eigenvalue weighted by atomic mass is 28.3. The smallest absolute Gasteiger partial charge is 0.160 e. The van der Waals surface area contributed by atoms with E-state index in [-0.39, 0.29) is 0 Å². The number of anilines is 6. The Labute approximate surface area is 399 Å². The molecule has 0 aliphatic carbocycles. The third-order valence-electron chi connectivity index (χ3n) is 15.6. The normalized spacial score (nSPS) is 14.1. The van der Waals surface area contributed by atoms with Gasteiger partial charge >= 0.3 is 0 Å². The van der Waals surface area contributed by atoms with Gasteiger partial charge in [-0.05, 0) is 136 Å². The molecule has 0 atom stereocenters. The summed E-state index contributed by atoms with van der Waals surface area (Å²) in [5, 5.41) is 10.5. The topological polar surface area (TPSA) is 32.8 Å². The van der Waals surface area contributed by atoms with Crippen LogP contribution in [0.1, 0.15) is 22.3 Å². The molecule has 0 N–H and O–H groups in total. The molecule has 0 spiro atoms. The van der Waals surface area contributed by atoms with Gasteiger partial charge in [0.15, 0.2) is 5.58 Å². The molecule has 0 amide bonds. The molecule has 0 bridgehead atoms. The SMILES string of the molecule is Cc1ccccc1N(c1ccccc1C)c1cc2c(c3c1oc1ccccc13)-c1cc3c(cc1[Si]2(C)C)-c1c(cc(N(c2ccccc2C)c2ccccc2C)c2c1oc1ccccc12)[Si]3(C)C. The second kappa shape index (κ2) is 14.6. The van der Waals surface area contributed by atoms with Gasteiger partial charge in [-0.2, -0.15) is 0 Å². The van der Waals surface area contributed by atoms with E-state index in [1.54, 1.807) is 0 Å². The first kappa shape index (κ1) is 40.9. The molecule has 0 unspecified atom stereocenters. The van der Waals surface area contributed by atoms with Gasteiger partial charge in [0.2, 0.25) is 0 Å². The third kappa shape index (κ3) is 5.59. The van der Waals surface area contributed by atoms with Gasteiger partial charge < -0.3 is 18.6 Å². The third-order valence-corrected chi connectivity index (χ3v) is 22.6. The van der Waals surface area contributed by atoms with Gasteiger partial charge in [-0.3, -0.25) is 0 Å². The highest BCUT2D eigenvalue weighted by molar-refractivity contribution is 7.06. The molecule has 9 aromatic carbocycles. The number of para-hydroxylation sites is 6. The van der Waals surface area contributed by atoms with Crippen molar-refractivity contribution in [2.45, 2.75) is 53.9 Å². The predicted octanol–water partition coefficient (Wildman–Crippen LogP) is 15.3. The van der Waals surface area contributed by atoms with Gasteiger partial charge in [0.05, 0.1) is 16.8 Å². The van der Waals surface area contributed by atoms with Crippen molar-refractivity contribution >= 4 is 115 Å². The van der Waals surface area contributed by atoms with E-state index >= 15 is 0 Å². The first-order valence-corrected chi connectivity index (χ1v) is 29.9. The Morgan fingerprint density at radius 3 is 1.19 bits per heavy atom. The van der Waals surface area contributed by atoms with Crippen LogP contribution in [0.2, 0.25) is 26.2 Å². The molecule has 6 heteroatoms. The van der Waals surface area contributed by atoms with Crippen molar-refractivity contribution in [3.05, 3.63) is 192 Å². The Kier molecular flexibility index (Phi) is 8.75. The van der Waals surface area contributed by atoms with E-state index in [4.69, 9.17) is 8.83 Å². The van der Waals surface area contributed by atoms with Crippen molar-refractivity contribution in [2.24, 2.45) is 0 Å². The number of benzene rings is 9. The predicted molar refractivity (Wildman–Crippen MR) is 294 cm³/mol. The van der Waals surface area contributed by atoms with Crippen LogP contribution in [0.5, 0.6) is 0 Å². The number of hydrogen-bond donors (Lipinski definition) is 0. The van der Waals surface area contributed by atoms with E-state index < -0.39 is 16.1 Å². The largest absolute Gasteiger partial charge is 0.455 e. The lowest BCUT2D eigenvalue weighted by molar-refractivity contribution is 0.669. The van der Waals surface area contributed by atoms with E-state index in [9.17, 15) is 0 Å². The molecule has 330 valence electrons. The lowest BCUT2D eigenvalue weighted by Gasteiger charge is -2.30.